The summed E-state index contributed by atoms with van der Waals surface area (Å²) in [5, 5.41) is 0. The molecule has 0 aromatic carbocycles. The number of nitrogens with zero attached hydrogens (tertiary/aromatic N) is 1. The van der Waals surface area contributed by atoms with Crippen LogP contribution in [0, 0.1) is 11.3 Å². The van der Waals surface area contributed by atoms with E-state index in [-0.39, 0.29) is 17.8 Å². The minimum Gasteiger partial charge on any atom is -0.469 e. The van der Waals surface area contributed by atoms with Crippen molar-refractivity contribution in [3.05, 3.63) is 0 Å². The highest BCUT2D eigenvalue weighted by Crippen LogP contribution is 2.44. The average molecular weight is 317 g/mol. The van der Waals surface area contributed by atoms with Gasteiger partial charge in [0.25, 0.3) is 0 Å². The van der Waals surface area contributed by atoms with Crippen molar-refractivity contribution in [2.75, 3.05) is 19.4 Å². The van der Waals surface area contributed by atoms with Gasteiger partial charge in [0, 0.05) is 12.6 Å². The van der Waals surface area contributed by atoms with Gasteiger partial charge in [-0.3, -0.25) is 4.79 Å². The van der Waals surface area contributed by atoms with Gasteiger partial charge in [-0.05, 0) is 38.5 Å². The number of carbonyl (C=O) groups excluding carboxylic acids is 1. The lowest BCUT2D eigenvalue weighted by atomic mass is 9.70. The predicted octanol–water partition coefficient (Wildman–Crippen LogP) is 2.17. The zero-order chi connectivity index (χ0) is 15.7. The Morgan fingerprint density at radius 1 is 1.24 bits per heavy atom. The fourth-order valence-electron chi connectivity index (χ4n) is 3.53. The molecule has 0 bridgehead atoms. The summed E-state index contributed by atoms with van der Waals surface area (Å²) >= 11 is 0. The van der Waals surface area contributed by atoms with E-state index in [1.165, 1.54) is 7.11 Å². The van der Waals surface area contributed by atoms with Crippen molar-refractivity contribution in [3.63, 3.8) is 0 Å². The van der Waals surface area contributed by atoms with E-state index in [0.717, 1.165) is 25.7 Å². The first-order valence-corrected chi connectivity index (χ1v) is 9.49. The van der Waals surface area contributed by atoms with Gasteiger partial charge >= 0.3 is 5.97 Å². The Hall–Kier alpha value is -0.620. The summed E-state index contributed by atoms with van der Waals surface area (Å²) in [6.07, 6.45) is 5.17. The largest absolute Gasteiger partial charge is 0.469 e. The molecule has 0 N–H and O–H groups in total. The molecule has 0 spiro atoms. The van der Waals surface area contributed by atoms with Crippen molar-refractivity contribution in [2.45, 2.75) is 58.4 Å². The van der Waals surface area contributed by atoms with E-state index in [4.69, 9.17) is 4.74 Å². The molecule has 1 saturated carbocycles. The molecule has 2 unspecified atom stereocenters. The van der Waals surface area contributed by atoms with Crippen LogP contribution >= 0.6 is 0 Å². The smallest absolute Gasteiger partial charge is 0.312 e. The molecule has 0 aromatic rings. The SMILES string of the molecule is COC(=O)C1(CS(=O)(=O)N2CC(C)CCCC2C)CCC1. The van der Waals surface area contributed by atoms with Gasteiger partial charge in [0.1, 0.15) is 0 Å². The van der Waals surface area contributed by atoms with Crippen LogP contribution in [0.2, 0.25) is 0 Å². The van der Waals surface area contributed by atoms with E-state index in [2.05, 4.69) is 6.92 Å². The Balaban J connectivity index is 2.18. The molecular weight excluding hydrogens is 290 g/mol. The normalized spacial score (nSPS) is 30.2. The second-order valence-electron chi connectivity index (χ2n) is 6.84. The lowest BCUT2D eigenvalue weighted by Gasteiger charge is -2.40. The van der Waals surface area contributed by atoms with E-state index in [1.807, 2.05) is 6.92 Å². The number of hydrogen-bond acceptors (Lipinski definition) is 4. The van der Waals surface area contributed by atoms with Crippen LogP contribution in [0.3, 0.4) is 0 Å². The zero-order valence-electron chi connectivity index (χ0n) is 13.3. The van der Waals surface area contributed by atoms with Gasteiger partial charge in [-0.25, -0.2) is 8.42 Å². The van der Waals surface area contributed by atoms with Crippen molar-refractivity contribution in [2.24, 2.45) is 11.3 Å². The van der Waals surface area contributed by atoms with Crippen molar-refractivity contribution in [1.82, 2.24) is 4.31 Å². The van der Waals surface area contributed by atoms with Crippen LogP contribution in [0.15, 0.2) is 0 Å². The zero-order valence-corrected chi connectivity index (χ0v) is 14.1. The molecule has 2 aliphatic rings. The number of methoxy groups -OCH3 is 1. The molecule has 6 heteroatoms. The first kappa shape index (κ1) is 16.7. The van der Waals surface area contributed by atoms with Crippen LogP contribution in [0.5, 0.6) is 0 Å². The Morgan fingerprint density at radius 3 is 2.43 bits per heavy atom. The first-order chi connectivity index (χ1) is 9.81. The quantitative estimate of drug-likeness (QED) is 0.746. The van der Waals surface area contributed by atoms with Gasteiger partial charge in [0.05, 0.1) is 18.3 Å². The number of ether oxygens (including phenoxy) is 1. The lowest BCUT2D eigenvalue weighted by Crippen LogP contribution is -2.50. The number of hydrogen-bond donors (Lipinski definition) is 0. The van der Waals surface area contributed by atoms with E-state index in [0.29, 0.717) is 25.3 Å². The van der Waals surface area contributed by atoms with Crippen molar-refractivity contribution >= 4 is 16.0 Å². The molecule has 2 rings (SSSR count). The monoisotopic (exact) mass is 317 g/mol. The molecule has 0 aromatic heterocycles. The van der Waals surface area contributed by atoms with Gasteiger partial charge < -0.3 is 4.74 Å². The summed E-state index contributed by atoms with van der Waals surface area (Å²) < 4.78 is 32.2. The number of sulfonamides is 1. The summed E-state index contributed by atoms with van der Waals surface area (Å²) in [5.74, 6) is -0.0861. The molecule has 5 nitrogen and oxygen atoms in total. The highest BCUT2D eigenvalue weighted by Gasteiger charge is 2.50. The van der Waals surface area contributed by atoms with Crippen LogP contribution in [0.4, 0.5) is 0 Å². The predicted molar refractivity (Wildman–Crippen MR) is 81.3 cm³/mol. The van der Waals surface area contributed by atoms with Gasteiger partial charge in [-0.1, -0.05) is 19.8 Å². The molecule has 0 amide bonds. The molecule has 0 radical (unpaired) electrons. The van der Waals surface area contributed by atoms with Gasteiger partial charge in [-0.15, -0.1) is 0 Å². The minimum absolute atomic E-state index is 0.0229. The van der Waals surface area contributed by atoms with Crippen LogP contribution in [0.1, 0.15) is 52.4 Å². The summed E-state index contributed by atoms with van der Waals surface area (Å²) in [6.45, 7) is 4.64. The molecule has 1 aliphatic heterocycles. The van der Waals surface area contributed by atoms with Crippen molar-refractivity contribution in [3.8, 4) is 0 Å². The van der Waals surface area contributed by atoms with E-state index in [1.54, 1.807) is 4.31 Å². The summed E-state index contributed by atoms with van der Waals surface area (Å²) in [4.78, 5) is 12.0. The van der Waals surface area contributed by atoms with E-state index in [9.17, 15) is 13.2 Å². The minimum atomic E-state index is -3.43. The summed E-state index contributed by atoms with van der Waals surface area (Å²) in [7, 11) is -2.09. The summed E-state index contributed by atoms with van der Waals surface area (Å²) in [5.41, 5.74) is -0.803. The van der Waals surface area contributed by atoms with Gasteiger partial charge in [-0.2, -0.15) is 4.31 Å². The number of esters is 1. The summed E-state index contributed by atoms with van der Waals surface area (Å²) in [6, 6.07) is 0.0229. The van der Waals surface area contributed by atoms with Crippen LogP contribution in [-0.4, -0.2) is 44.1 Å². The van der Waals surface area contributed by atoms with Crippen LogP contribution in [0.25, 0.3) is 0 Å². The molecule has 21 heavy (non-hydrogen) atoms. The van der Waals surface area contributed by atoms with Crippen molar-refractivity contribution in [1.29, 1.82) is 0 Å². The average Bonchev–Trinajstić information content (AvgIpc) is 2.55. The highest BCUT2D eigenvalue weighted by molar-refractivity contribution is 7.89. The number of carbonyl (C=O) groups is 1. The Morgan fingerprint density at radius 2 is 1.90 bits per heavy atom. The molecule has 1 aliphatic carbocycles. The Labute approximate surface area is 128 Å². The maximum Gasteiger partial charge on any atom is 0.312 e. The third-order valence-corrected chi connectivity index (χ3v) is 7.19. The second kappa shape index (κ2) is 6.24. The molecule has 1 heterocycles. The maximum atomic E-state index is 12.8. The van der Waals surface area contributed by atoms with Crippen molar-refractivity contribution < 1.29 is 17.9 Å². The molecule has 2 atom stereocenters. The topological polar surface area (TPSA) is 63.7 Å². The van der Waals surface area contributed by atoms with E-state index >= 15 is 0 Å². The van der Waals surface area contributed by atoms with Gasteiger partial charge in [0.15, 0.2) is 0 Å². The van der Waals surface area contributed by atoms with Crippen LogP contribution in [-0.2, 0) is 19.6 Å². The fraction of sp³-hybridized carbons (Fsp3) is 0.933. The first-order valence-electron chi connectivity index (χ1n) is 7.89. The maximum absolute atomic E-state index is 12.8. The lowest BCUT2D eigenvalue weighted by molar-refractivity contribution is -0.156. The molecule has 1 saturated heterocycles. The van der Waals surface area contributed by atoms with Crippen LogP contribution < -0.4 is 0 Å². The molecule has 2 fully saturated rings. The third-order valence-electron chi connectivity index (χ3n) is 5.05. The standard InChI is InChI=1S/C15H27NO4S/c1-12-6-4-7-13(2)16(10-12)21(18,19)11-15(8-5-9-15)14(17)20-3/h12-13H,4-11H2,1-3H3. The van der Waals surface area contributed by atoms with E-state index < -0.39 is 15.4 Å². The second-order valence-corrected chi connectivity index (χ2v) is 8.76. The van der Waals surface area contributed by atoms with Gasteiger partial charge in [0.2, 0.25) is 10.0 Å². The highest BCUT2D eigenvalue weighted by atomic mass is 32.2. The third kappa shape index (κ3) is 3.42. The fourth-order valence-corrected chi connectivity index (χ4v) is 5.94. The molecular formula is C15H27NO4S. The molecule has 122 valence electrons. The number of rotatable bonds is 4. The Kier molecular flexibility index (Phi) is 4.98. The Bertz CT molecular complexity index is 484.